The van der Waals surface area contributed by atoms with E-state index in [1.807, 2.05) is 20.8 Å². The summed E-state index contributed by atoms with van der Waals surface area (Å²) in [5.41, 5.74) is 4.70. The van der Waals surface area contributed by atoms with Crippen LogP contribution in [0.15, 0.2) is 4.99 Å². The molecule has 0 aromatic carbocycles. The first-order valence-electron chi connectivity index (χ1n) is 4.13. The van der Waals surface area contributed by atoms with Crippen LogP contribution >= 0.6 is 0 Å². The van der Waals surface area contributed by atoms with Gasteiger partial charge in [-0.25, -0.2) is 0 Å². The van der Waals surface area contributed by atoms with E-state index in [4.69, 9.17) is 5.73 Å². The summed E-state index contributed by atoms with van der Waals surface area (Å²) in [5, 5.41) is 9.77. The van der Waals surface area contributed by atoms with E-state index in [0.717, 1.165) is 0 Å². The average molecular weight is 158 g/mol. The number of nitrogens with zero attached hydrogens (tertiary/aromatic N) is 1. The maximum absolute atomic E-state index is 9.77. The molecule has 66 valence electrons. The topological polar surface area (TPSA) is 58.6 Å². The number of hydrogen-bond donors (Lipinski definition) is 2. The second-order valence-electron chi connectivity index (χ2n) is 2.60. The van der Waals surface area contributed by atoms with Crippen LogP contribution in [0, 0.1) is 0 Å². The summed E-state index contributed by atoms with van der Waals surface area (Å²) < 4.78 is 0. The van der Waals surface area contributed by atoms with Gasteiger partial charge in [-0.05, 0) is 19.8 Å². The summed E-state index contributed by atoms with van der Waals surface area (Å²) in [4.78, 5) is 3.98. The van der Waals surface area contributed by atoms with Crippen molar-refractivity contribution in [1.82, 2.24) is 0 Å². The molecule has 0 aromatic rings. The zero-order valence-corrected chi connectivity index (χ0v) is 7.59. The van der Waals surface area contributed by atoms with E-state index in [1.54, 1.807) is 0 Å². The van der Waals surface area contributed by atoms with Crippen molar-refractivity contribution in [2.24, 2.45) is 10.7 Å². The third-order valence-corrected chi connectivity index (χ3v) is 1.98. The maximum atomic E-state index is 9.77. The zero-order valence-electron chi connectivity index (χ0n) is 7.59. The van der Waals surface area contributed by atoms with Gasteiger partial charge in [0.2, 0.25) is 0 Å². The van der Waals surface area contributed by atoms with Crippen LogP contribution in [0.25, 0.3) is 0 Å². The zero-order chi connectivity index (χ0) is 8.91. The Bertz CT molecular complexity index is 139. The number of hydrogen-bond acceptors (Lipinski definition) is 2. The second kappa shape index (κ2) is 4.34. The van der Waals surface area contributed by atoms with Gasteiger partial charge in [-0.1, -0.05) is 13.8 Å². The highest BCUT2D eigenvalue weighted by molar-refractivity contribution is 5.88. The lowest BCUT2D eigenvalue weighted by atomic mass is 9.96. The molecule has 0 saturated carbocycles. The quantitative estimate of drug-likeness (QED) is 0.472. The molecular weight excluding hydrogens is 140 g/mol. The van der Waals surface area contributed by atoms with Crippen molar-refractivity contribution in [1.29, 1.82) is 0 Å². The molecule has 0 amide bonds. The van der Waals surface area contributed by atoms with Crippen molar-refractivity contribution >= 4 is 5.84 Å². The number of aliphatic hydroxyl groups is 1. The van der Waals surface area contributed by atoms with Crippen LogP contribution in [0.5, 0.6) is 0 Å². The normalized spacial score (nSPS) is 13.6. The predicted octanol–water partition coefficient (Wildman–Crippen LogP) is 0.915. The van der Waals surface area contributed by atoms with E-state index in [-0.39, 0.29) is 0 Å². The van der Waals surface area contributed by atoms with Gasteiger partial charge in [-0.15, -0.1) is 0 Å². The first kappa shape index (κ1) is 10.4. The fraction of sp³-hybridized carbons (Fsp3) is 0.875. The van der Waals surface area contributed by atoms with Crippen molar-refractivity contribution in [3.8, 4) is 0 Å². The molecule has 3 nitrogen and oxygen atoms in total. The first-order chi connectivity index (χ1) is 5.10. The predicted molar refractivity (Wildman–Crippen MR) is 47.7 cm³/mol. The Morgan fingerprint density at radius 2 is 1.82 bits per heavy atom. The lowest BCUT2D eigenvalue weighted by Crippen LogP contribution is -2.43. The van der Waals surface area contributed by atoms with Gasteiger partial charge in [0.25, 0.3) is 0 Å². The summed E-state index contributed by atoms with van der Waals surface area (Å²) in [7, 11) is 0. The monoisotopic (exact) mass is 158 g/mol. The van der Waals surface area contributed by atoms with E-state index >= 15 is 0 Å². The van der Waals surface area contributed by atoms with Gasteiger partial charge >= 0.3 is 0 Å². The molecule has 0 fully saturated rings. The standard InChI is InChI=1S/C8H18N2O/c1-4-8(11,5-2)7(9)10-6-3/h11H,4-6H2,1-3H3,(H2,9,10). The highest BCUT2D eigenvalue weighted by Gasteiger charge is 2.26. The Hall–Kier alpha value is -0.570. The first-order valence-corrected chi connectivity index (χ1v) is 4.13. The second-order valence-corrected chi connectivity index (χ2v) is 2.60. The molecule has 3 N–H and O–H groups in total. The molecule has 0 bridgehead atoms. The molecule has 0 aliphatic rings. The molecule has 0 heterocycles. The minimum absolute atomic E-state index is 0.366. The number of nitrogens with two attached hydrogens (primary N) is 1. The molecule has 0 rings (SSSR count). The van der Waals surface area contributed by atoms with Gasteiger partial charge < -0.3 is 10.8 Å². The van der Waals surface area contributed by atoms with Crippen molar-refractivity contribution in [3.63, 3.8) is 0 Å². The third-order valence-electron chi connectivity index (χ3n) is 1.98. The smallest absolute Gasteiger partial charge is 0.126 e. The summed E-state index contributed by atoms with van der Waals surface area (Å²) >= 11 is 0. The van der Waals surface area contributed by atoms with Crippen LogP contribution in [0.1, 0.15) is 33.6 Å². The Labute approximate surface area is 68.3 Å². The van der Waals surface area contributed by atoms with Crippen LogP contribution in [0.4, 0.5) is 0 Å². The Morgan fingerprint density at radius 3 is 2.09 bits per heavy atom. The summed E-state index contributed by atoms with van der Waals surface area (Å²) in [6, 6.07) is 0. The summed E-state index contributed by atoms with van der Waals surface area (Å²) in [6.45, 7) is 6.34. The van der Waals surface area contributed by atoms with Gasteiger partial charge in [0.05, 0.1) is 0 Å². The van der Waals surface area contributed by atoms with E-state index in [9.17, 15) is 5.11 Å². The molecule has 0 unspecified atom stereocenters. The van der Waals surface area contributed by atoms with Crippen molar-refractivity contribution in [3.05, 3.63) is 0 Å². The fourth-order valence-electron chi connectivity index (χ4n) is 0.930. The van der Waals surface area contributed by atoms with Gasteiger partial charge in [-0.2, -0.15) is 0 Å². The van der Waals surface area contributed by atoms with Crippen LogP contribution in [0.3, 0.4) is 0 Å². The lowest BCUT2D eigenvalue weighted by Gasteiger charge is -2.24. The van der Waals surface area contributed by atoms with E-state index in [1.165, 1.54) is 0 Å². The maximum Gasteiger partial charge on any atom is 0.126 e. The molecule has 0 atom stereocenters. The molecular formula is C8H18N2O. The van der Waals surface area contributed by atoms with E-state index < -0.39 is 5.60 Å². The Morgan fingerprint density at radius 1 is 1.36 bits per heavy atom. The van der Waals surface area contributed by atoms with Crippen LogP contribution in [0.2, 0.25) is 0 Å². The Balaban J connectivity index is 4.36. The van der Waals surface area contributed by atoms with Crippen molar-refractivity contribution in [2.75, 3.05) is 6.54 Å². The highest BCUT2D eigenvalue weighted by atomic mass is 16.3. The van der Waals surface area contributed by atoms with Crippen LogP contribution < -0.4 is 5.73 Å². The van der Waals surface area contributed by atoms with Gasteiger partial charge in [0.1, 0.15) is 11.4 Å². The van der Waals surface area contributed by atoms with Crippen LogP contribution in [-0.4, -0.2) is 23.1 Å². The van der Waals surface area contributed by atoms with Gasteiger partial charge in [0, 0.05) is 6.54 Å². The molecule has 3 heteroatoms. The third kappa shape index (κ3) is 2.50. The van der Waals surface area contributed by atoms with Gasteiger partial charge in [-0.3, -0.25) is 4.99 Å². The molecule has 0 radical (unpaired) electrons. The number of rotatable bonds is 4. The van der Waals surface area contributed by atoms with Crippen molar-refractivity contribution < 1.29 is 5.11 Å². The molecule has 0 aliphatic heterocycles. The molecule has 0 aliphatic carbocycles. The fourth-order valence-corrected chi connectivity index (χ4v) is 0.930. The molecule has 0 spiro atoms. The summed E-state index contributed by atoms with van der Waals surface area (Å²) in [5.74, 6) is 0.366. The number of amidine groups is 1. The van der Waals surface area contributed by atoms with Crippen LogP contribution in [-0.2, 0) is 0 Å². The minimum atomic E-state index is -0.879. The largest absolute Gasteiger partial charge is 0.385 e. The SMILES string of the molecule is CCN=C(N)C(O)(CC)CC. The molecule has 11 heavy (non-hydrogen) atoms. The van der Waals surface area contributed by atoms with Crippen molar-refractivity contribution in [2.45, 2.75) is 39.2 Å². The average Bonchev–Trinajstić information content (AvgIpc) is 2.03. The Kier molecular flexibility index (Phi) is 4.11. The van der Waals surface area contributed by atoms with E-state index in [0.29, 0.717) is 25.2 Å². The molecule has 0 saturated heterocycles. The highest BCUT2D eigenvalue weighted by Crippen LogP contribution is 2.14. The molecule has 0 aromatic heterocycles. The number of aliphatic imine (C=N–C) groups is 1. The lowest BCUT2D eigenvalue weighted by molar-refractivity contribution is 0.102. The van der Waals surface area contributed by atoms with Gasteiger partial charge in [0.15, 0.2) is 0 Å². The summed E-state index contributed by atoms with van der Waals surface area (Å²) in [6.07, 6.45) is 1.25. The minimum Gasteiger partial charge on any atom is -0.385 e. The van der Waals surface area contributed by atoms with E-state index in [2.05, 4.69) is 4.99 Å².